The first-order valence-corrected chi connectivity index (χ1v) is 9.41. The maximum absolute atomic E-state index is 12.4. The van der Waals surface area contributed by atoms with Crippen LogP contribution in [0.15, 0.2) is 18.6 Å². The largest absolute Gasteiger partial charge is 0.473 e. The molecular formula is C18H24ClN5O2. The number of nitrogens with one attached hydrogen (secondary N) is 1. The van der Waals surface area contributed by atoms with E-state index in [-0.39, 0.29) is 24.6 Å². The molecule has 26 heavy (non-hydrogen) atoms. The molecule has 0 atom stereocenters. The van der Waals surface area contributed by atoms with Crippen LogP contribution in [0.25, 0.3) is 0 Å². The van der Waals surface area contributed by atoms with E-state index in [2.05, 4.69) is 20.5 Å². The van der Waals surface area contributed by atoms with Gasteiger partial charge in [0.2, 0.25) is 5.88 Å². The highest BCUT2D eigenvalue weighted by Gasteiger charge is 2.18. The summed E-state index contributed by atoms with van der Waals surface area (Å²) in [5.74, 6) is 0.834. The van der Waals surface area contributed by atoms with Crippen LogP contribution in [-0.4, -0.2) is 31.8 Å². The summed E-state index contributed by atoms with van der Waals surface area (Å²) in [4.78, 5) is 16.6. The van der Waals surface area contributed by atoms with Crippen molar-refractivity contribution in [3.63, 3.8) is 0 Å². The summed E-state index contributed by atoms with van der Waals surface area (Å²) in [6.45, 7) is 4.35. The van der Waals surface area contributed by atoms with Crippen molar-refractivity contribution in [3.05, 3.63) is 35.0 Å². The number of rotatable bonds is 6. The van der Waals surface area contributed by atoms with Crippen molar-refractivity contribution in [1.82, 2.24) is 25.1 Å². The third-order valence-corrected chi connectivity index (χ3v) is 4.78. The van der Waals surface area contributed by atoms with Crippen LogP contribution in [0.4, 0.5) is 0 Å². The zero-order chi connectivity index (χ0) is 18.5. The molecule has 1 amide bonds. The van der Waals surface area contributed by atoms with Crippen molar-refractivity contribution in [2.75, 3.05) is 0 Å². The van der Waals surface area contributed by atoms with E-state index in [1.54, 1.807) is 12.4 Å². The van der Waals surface area contributed by atoms with Crippen LogP contribution < -0.4 is 10.1 Å². The van der Waals surface area contributed by atoms with Crippen molar-refractivity contribution in [2.24, 2.45) is 0 Å². The predicted molar refractivity (Wildman–Crippen MR) is 98.3 cm³/mol. The summed E-state index contributed by atoms with van der Waals surface area (Å²) in [5, 5.41) is 11.1. The number of halogens is 1. The zero-order valence-corrected chi connectivity index (χ0v) is 15.9. The van der Waals surface area contributed by atoms with Crippen LogP contribution in [-0.2, 0) is 6.54 Å². The van der Waals surface area contributed by atoms with Crippen LogP contribution >= 0.6 is 11.6 Å². The number of pyridine rings is 1. The molecule has 0 unspecified atom stereocenters. The number of nitrogens with zero attached hydrogens (tertiary/aromatic N) is 4. The standard InChI is InChI=1S/C18H24ClN5O2/c1-12(2)24-11-22-23-16(24)10-20-17(25)13-8-15(19)18(21-9-13)26-14-6-4-3-5-7-14/h8-9,11-12,14H,3-7,10H2,1-2H3,(H,20,25). The molecule has 3 rings (SSSR count). The minimum atomic E-state index is -0.262. The van der Waals surface area contributed by atoms with Gasteiger partial charge < -0.3 is 14.6 Å². The van der Waals surface area contributed by atoms with E-state index in [4.69, 9.17) is 16.3 Å². The predicted octanol–water partition coefficient (Wildman–Crippen LogP) is 3.55. The molecular weight excluding hydrogens is 354 g/mol. The van der Waals surface area contributed by atoms with E-state index in [1.807, 2.05) is 18.4 Å². The normalized spacial score (nSPS) is 15.2. The Hall–Kier alpha value is -2.15. The Morgan fingerprint density at radius 3 is 2.85 bits per heavy atom. The highest BCUT2D eigenvalue weighted by atomic mass is 35.5. The summed E-state index contributed by atoms with van der Waals surface area (Å²) < 4.78 is 7.79. The van der Waals surface area contributed by atoms with Gasteiger partial charge in [-0.2, -0.15) is 0 Å². The van der Waals surface area contributed by atoms with Crippen LogP contribution in [0.3, 0.4) is 0 Å². The molecule has 2 aromatic heterocycles. The van der Waals surface area contributed by atoms with Crippen molar-refractivity contribution in [3.8, 4) is 5.88 Å². The fourth-order valence-corrected chi connectivity index (χ4v) is 3.27. The summed E-state index contributed by atoms with van der Waals surface area (Å²) in [6.07, 6.45) is 8.95. The zero-order valence-electron chi connectivity index (χ0n) is 15.1. The highest BCUT2D eigenvalue weighted by Crippen LogP contribution is 2.27. The lowest BCUT2D eigenvalue weighted by atomic mass is 9.98. The molecule has 140 valence electrons. The summed E-state index contributed by atoms with van der Waals surface area (Å²) in [7, 11) is 0. The number of aromatic nitrogens is 4. The maximum atomic E-state index is 12.4. The minimum Gasteiger partial charge on any atom is -0.473 e. The molecule has 1 aliphatic rings. The Morgan fingerprint density at radius 1 is 1.38 bits per heavy atom. The van der Waals surface area contributed by atoms with Gasteiger partial charge in [0.25, 0.3) is 5.91 Å². The quantitative estimate of drug-likeness (QED) is 0.832. The monoisotopic (exact) mass is 377 g/mol. The SMILES string of the molecule is CC(C)n1cnnc1CNC(=O)c1cnc(OC2CCCCC2)c(Cl)c1. The Bertz CT molecular complexity index is 756. The van der Waals surface area contributed by atoms with Crippen molar-refractivity contribution in [1.29, 1.82) is 0 Å². The van der Waals surface area contributed by atoms with Crippen LogP contribution in [0.5, 0.6) is 5.88 Å². The van der Waals surface area contributed by atoms with Gasteiger partial charge in [-0.15, -0.1) is 10.2 Å². The number of hydrogen-bond donors (Lipinski definition) is 1. The summed E-state index contributed by atoms with van der Waals surface area (Å²) >= 11 is 6.27. The second kappa shape index (κ2) is 8.49. The second-order valence-corrected chi connectivity index (χ2v) is 7.23. The molecule has 2 aromatic rings. The highest BCUT2D eigenvalue weighted by molar-refractivity contribution is 6.32. The van der Waals surface area contributed by atoms with Gasteiger partial charge in [-0.25, -0.2) is 4.98 Å². The van der Waals surface area contributed by atoms with Crippen LogP contribution in [0.1, 0.15) is 68.2 Å². The van der Waals surface area contributed by atoms with Gasteiger partial charge in [-0.3, -0.25) is 4.79 Å². The van der Waals surface area contributed by atoms with Gasteiger partial charge in [-0.05, 0) is 45.6 Å². The molecule has 0 aromatic carbocycles. The first-order chi connectivity index (χ1) is 12.5. The van der Waals surface area contributed by atoms with Crippen LogP contribution in [0.2, 0.25) is 5.02 Å². The Labute approximate surface area is 158 Å². The van der Waals surface area contributed by atoms with E-state index in [9.17, 15) is 4.79 Å². The Morgan fingerprint density at radius 2 is 2.15 bits per heavy atom. The van der Waals surface area contributed by atoms with Crippen LogP contribution in [0, 0.1) is 0 Å². The number of carbonyl (C=O) groups is 1. The molecule has 0 radical (unpaired) electrons. The van der Waals surface area contributed by atoms with Crippen molar-refractivity contribution < 1.29 is 9.53 Å². The van der Waals surface area contributed by atoms with Crippen molar-refractivity contribution in [2.45, 2.75) is 64.6 Å². The van der Waals surface area contributed by atoms with Gasteiger partial charge in [0.15, 0.2) is 5.82 Å². The number of hydrogen-bond acceptors (Lipinski definition) is 5. The third kappa shape index (κ3) is 4.52. The first kappa shape index (κ1) is 18.6. The number of carbonyl (C=O) groups excluding carboxylic acids is 1. The lowest BCUT2D eigenvalue weighted by Gasteiger charge is -2.22. The van der Waals surface area contributed by atoms with E-state index in [0.717, 1.165) is 12.8 Å². The third-order valence-electron chi connectivity index (χ3n) is 4.51. The number of ether oxygens (including phenoxy) is 1. The molecule has 1 saturated carbocycles. The minimum absolute atomic E-state index is 0.163. The Balaban J connectivity index is 1.60. The molecule has 0 bridgehead atoms. The van der Waals surface area contributed by atoms with Gasteiger partial charge in [-0.1, -0.05) is 18.0 Å². The fraction of sp³-hybridized carbons (Fsp3) is 0.556. The van der Waals surface area contributed by atoms with E-state index in [0.29, 0.717) is 22.3 Å². The topological polar surface area (TPSA) is 81.9 Å². The van der Waals surface area contributed by atoms with E-state index < -0.39 is 0 Å². The molecule has 0 aliphatic heterocycles. The average molecular weight is 378 g/mol. The molecule has 2 heterocycles. The van der Waals surface area contributed by atoms with Gasteiger partial charge in [0.05, 0.1) is 12.1 Å². The molecule has 8 heteroatoms. The molecule has 1 aliphatic carbocycles. The summed E-state index contributed by atoms with van der Waals surface area (Å²) in [6, 6.07) is 1.82. The number of amides is 1. The maximum Gasteiger partial charge on any atom is 0.253 e. The first-order valence-electron chi connectivity index (χ1n) is 9.03. The van der Waals surface area contributed by atoms with E-state index >= 15 is 0 Å². The fourth-order valence-electron chi connectivity index (χ4n) is 3.06. The molecule has 1 N–H and O–H groups in total. The average Bonchev–Trinajstić information content (AvgIpc) is 3.11. The molecule has 0 spiro atoms. The van der Waals surface area contributed by atoms with Crippen molar-refractivity contribution >= 4 is 17.5 Å². The van der Waals surface area contributed by atoms with Gasteiger partial charge in [0, 0.05) is 12.2 Å². The Kier molecular flexibility index (Phi) is 6.08. The lowest BCUT2D eigenvalue weighted by Crippen LogP contribution is -2.25. The molecule has 0 saturated heterocycles. The lowest BCUT2D eigenvalue weighted by molar-refractivity contribution is 0.0948. The second-order valence-electron chi connectivity index (χ2n) is 6.82. The van der Waals surface area contributed by atoms with E-state index in [1.165, 1.54) is 25.5 Å². The smallest absolute Gasteiger partial charge is 0.253 e. The van der Waals surface area contributed by atoms with Gasteiger partial charge >= 0.3 is 0 Å². The van der Waals surface area contributed by atoms with Gasteiger partial charge in [0.1, 0.15) is 17.5 Å². The molecule has 1 fully saturated rings. The summed E-state index contributed by atoms with van der Waals surface area (Å²) in [5.41, 5.74) is 0.390. The molecule has 7 nitrogen and oxygen atoms in total.